The summed E-state index contributed by atoms with van der Waals surface area (Å²) < 4.78 is 60.9. The van der Waals surface area contributed by atoms with E-state index in [-0.39, 0.29) is 0 Å². The molecular weight excluding hydrogens is 1540 g/mol. The lowest BCUT2D eigenvalue weighted by molar-refractivity contribution is -0.652. The Labute approximate surface area is 712 Å². The first-order chi connectivity index (χ1) is 62.0. The van der Waals surface area contributed by atoms with Crippen LogP contribution in [-0.4, -0.2) is 61.5 Å². The molecule has 0 saturated heterocycles. The standard InChI is InChI=1S/C27H19N4.C21H14N3O.C21H14N3S.2C17H15N4/c1-3-10-19(11-4-1)30-24-16-8-7-14-22(24)25-27(30)29-18-23-21(15-9-17-28-23)26(29)31(25)20-12-5-2-6-13-20;2*1-2-7-14(8-3-1)24-19-16-9-4-5-11-18(16)25-21(19)23-13-17-15(20(23)24)10-6-12-22-17;2*1-19-14-8-4-3-6-12(14)15-17(19)21-10-13-11(7-5-9-18-13)16(21)20(15)2/h1-17H,18H2;2*1-12H,13H2;2*3-9H,10H2,1-2H3/q5*+1/i;;;1D3;. The highest BCUT2D eigenvalue weighted by molar-refractivity contribution is 7.25. The summed E-state index contributed by atoms with van der Waals surface area (Å²) in [5.74, 6) is 5.82. The topological polar surface area (TPSA) is 136 Å². The summed E-state index contributed by atoms with van der Waals surface area (Å²) >= 11 is 1.87. The molecule has 0 aliphatic carbocycles. The van der Waals surface area contributed by atoms with Crippen molar-refractivity contribution in [3.05, 3.63) is 363 Å². The number of para-hydroxylation sites is 8. The van der Waals surface area contributed by atoms with Gasteiger partial charge in [0.1, 0.15) is 77.6 Å². The highest BCUT2D eigenvalue weighted by Crippen LogP contribution is 2.45. The van der Waals surface area contributed by atoms with E-state index in [1.165, 1.54) is 115 Å². The summed E-state index contributed by atoms with van der Waals surface area (Å²) in [7, 11) is 6.30. The quantitative estimate of drug-likeness (QED) is 0.161. The molecule has 15 aromatic heterocycles. The molecule has 0 radical (unpaired) electrons. The maximum Gasteiger partial charge on any atom is 0.340 e. The van der Waals surface area contributed by atoms with Crippen molar-refractivity contribution in [1.29, 1.82) is 0 Å². The van der Waals surface area contributed by atoms with Crippen LogP contribution in [0.5, 0.6) is 0 Å². The minimum atomic E-state index is -2.24. The van der Waals surface area contributed by atoms with Crippen molar-refractivity contribution in [2.24, 2.45) is 28.1 Å². The Morgan fingerprint density at radius 3 is 1.13 bits per heavy atom. The van der Waals surface area contributed by atoms with Crippen LogP contribution in [0.15, 0.2) is 339 Å². The monoisotopic (exact) mass is 1620 g/mol. The summed E-state index contributed by atoms with van der Waals surface area (Å²) in [6.07, 6.45) is 9.29. The van der Waals surface area contributed by atoms with Gasteiger partial charge in [0.2, 0.25) is 27.8 Å². The third-order valence-corrected chi connectivity index (χ3v) is 26.4. The van der Waals surface area contributed by atoms with Crippen molar-refractivity contribution in [1.82, 2.24) is 61.5 Å². The van der Waals surface area contributed by atoms with Crippen LogP contribution in [0.4, 0.5) is 0 Å². The van der Waals surface area contributed by atoms with Gasteiger partial charge in [0.15, 0.2) is 22.1 Å². The van der Waals surface area contributed by atoms with E-state index in [2.05, 4.69) is 313 Å². The molecule has 5 aliphatic rings. The number of nitrogens with zero attached hydrogens (tertiary/aromatic N) is 18. The van der Waals surface area contributed by atoms with E-state index < -0.39 is 6.98 Å². The Kier molecular flexibility index (Phi) is 14.9. The average Bonchev–Trinajstić information content (AvgIpc) is 1.52. The van der Waals surface area contributed by atoms with Crippen molar-refractivity contribution in [3.63, 3.8) is 0 Å². The first-order valence-corrected chi connectivity index (χ1v) is 42.2. The van der Waals surface area contributed by atoms with Gasteiger partial charge in [0.05, 0.1) is 110 Å². The molecule has 0 amide bonds. The number of pyridine rings is 5. The molecule has 20 heterocycles. The third kappa shape index (κ3) is 10.3. The zero-order valence-electron chi connectivity index (χ0n) is 70.2. The number of aromatic nitrogens is 18. The number of fused-ring (bicyclic) bond motifs is 35. The lowest BCUT2D eigenvalue weighted by Crippen LogP contribution is -2.33. The van der Waals surface area contributed by atoms with Crippen molar-refractivity contribution in [2.75, 3.05) is 0 Å². The second kappa shape index (κ2) is 27.4. The maximum atomic E-state index is 8.04. The SMILES string of the molecule is Cn1c2[n+](c3c1c1ccccc1n3C)Cc1ncccc1-2.[2H]C([2H])([2H])n1c2ccccc2c2c1[n+]1c(n2C)-c2cccnc2C1.c1ccc(-n2c3[n+](c4c2c2ccccc2n4-c2ccccc2)Cc2ncccc2-3)cc1.c1ccc(-n2c3[n+](c4oc5ccccc5c42)Cc2ncccc2-3)cc1.c1ccc(-n2c3[n+](c4sc5ccccc5c42)Cc2ncccc2-3)cc1. The minimum Gasteiger partial charge on any atom is -0.419 e. The Bertz CT molecular complexity index is 8410. The number of thiophene rings is 1. The van der Waals surface area contributed by atoms with Crippen LogP contribution < -0.4 is 22.8 Å². The third-order valence-electron chi connectivity index (χ3n) is 25.2. The number of rotatable bonds is 4. The summed E-state index contributed by atoms with van der Waals surface area (Å²) in [5, 5.41) is 5.97. The van der Waals surface area contributed by atoms with Crippen LogP contribution in [0.2, 0.25) is 0 Å². The smallest absolute Gasteiger partial charge is 0.340 e. The first-order valence-electron chi connectivity index (χ1n) is 42.9. The molecule has 19 nitrogen and oxygen atoms in total. The normalized spacial score (nSPS) is 13.2. The number of furan rings is 1. The Morgan fingerprint density at radius 1 is 0.285 bits per heavy atom. The van der Waals surface area contributed by atoms with Gasteiger partial charge in [-0.1, -0.05) is 145 Å². The van der Waals surface area contributed by atoms with Gasteiger partial charge in [0.25, 0.3) is 28.6 Å². The molecular formula is C103H77N18OS+5. The number of hydrogen-bond donors (Lipinski definition) is 0. The fraction of sp³-hybridized carbons (Fsp3) is 0.0874. The van der Waals surface area contributed by atoms with E-state index in [1.54, 1.807) is 6.20 Å². The molecule has 0 fully saturated rings. The van der Waals surface area contributed by atoms with Crippen molar-refractivity contribution in [3.8, 4) is 79.7 Å². The fourth-order valence-electron chi connectivity index (χ4n) is 20.2. The molecule has 0 spiro atoms. The second-order valence-electron chi connectivity index (χ2n) is 31.8. The lowest BCUT2D eigenvalue weighted by Gasteiger charge is -2.04. The average molecular weight is 1620 g/mol. The molecule has 5 aliphatic heterocycles. The molecule has 20 heteroatoms. The van der Waals surface area contributed by atoms with Gasteiger partial charge in [-0.2, -0.15) is 13.7 Å². The van der Waals surface area contributed by atoms with Gasteiger partial charge in [-0.25, -0.2) is 27.4 Å². The Balaban J connectivity index is 0.0000000863. The van der Waals surface area contributed by atoms with Crippen LogP contribution in [0.3, 0.4) is 0 Å². The number of benzene rings is 9. The second-order valence-corrected chi connectivity index (χ2v) is 32.8. The molecule has 9 aromatic carbocycles. The van der Waals surface area contributed by atoms with Gasteiger partial charge in [-0.3, -0.25) is 43.2 Å². The molecule has 0 saturated carbocycles. The summed E-state index contributed by atoms with van der Waals surface area (Å²) in [6, 6.07) is 105. The zero-order valence-corrected chi connectivity index (χ0v) is 68.0. The van der Waals surface area contributed by atoms with Crippen LogP contribution >= 0.6 is 11.3 Å². The van der Waals surface area contributed by atoms with E-state index in [0.29, 0.717) is 6.54 Å². The van der Waals surface area contributed by atoms with Gasteiger partial charge < -0.3 is 4.42 Å². The van der Waals surface area contributed by atoms with E-state index in [0.717, 1.165) is 133 Å². The van der Waals surface area contributed by atoms with E-state index >= 15 is 0 Å². The molecule has 0 bridgehead atoms. The number of hydrogen-bond acceptors (Lipinski definition) is 7. The fourth-order valence-corrected chi connectivity index (χ4v) is 21.3. The Hall–Kier alpha value is -15.8. The molecule has 0 atom stereocenters. The molecule has 586 valence electrons. The number of aryl methyl sites for hydroxylation is 4. The number of imidazole rings is 5. The van der Waals surface area contributed by atoms with Crippen molar-refractivity contribution in [2.45, 2.75) is 32.7 Å². The van der Waals surface area contributed by atoms with Crippen LogP contribution in [0.1, 0.15) is 32.6 Å². The van der Waals surface area contributed by atoms with E-state index in [9.17, 15) is 0 Å². The first kappa shape index (κ1) is 67.1. The Morgan fingerprint density at radius 2 is 0.634 bits per heavy atom. The molecule has 29 rings (SSSR count). The van der Waals surface area contributed by atoms with Crippen molar-refractivity contribution >= 4 is 120 Å². The highest BCUT2D eigenvalue weighted by atomic mass is 32.1. The summed E-state index contributed by atoms with van der Waals surface area (Å²) in [5.41, 5.74) is 30.2. The summed E-state index contributed by atoms with van der Waals surface area (Å²) in [6.45, 7) is 1.55. The maximum absolute atomic E-state index is 8.04. The van der Waals surface area contributed by atoms with Gasteiger partial charge in [-0.15, -0.1) is 0 Å². The predicted molar refractivity (Wildman–Crippen MR) is 483 cm³/mol. The lowest BCUT2D eigenvalue weighted by atomic mass is 10.2. The van der Waals surface area contributed by atoms with Gasteiger partial charge >= 0.3 is 5.71 Å². The molecule has 0 N–H and O–H groups in total. The molecule has 0 unspecified atom stereocenters. The highest BCUT2D eigenvalue weighted by Gasteiger charge is 2.43. The molecule has 24 aromatic rings. The van der Waals surface area contributed by atoms with Crippen LogP contribution in [-0.2, 0) is 60.8 Å². The van der Waals surface area contributed by atoms with E-state index in [1.807, 2.05) is 122 Å². The van der Waals surface area contributed by atoms with Crippen LogP contribution in [0.25, 0.3) is 189 Å². The minimum absolute atomic E-state index is 0.593. The van der Waals surface area contributed by atoms with Crippen LogP contribution in [0, 0.1) is 0 Å². The summed E-state index contributed by atoms with van der Waals surface area (Å²) in [4.78, 5) is 24.2. The van der Waals surface area contributed by atoms with Gasteiger partial charge in [0, 0.05) is 41.1 Å². The van der Waals surface area contributed by atoms with Crippen molar-refractivity contribution < 1.29 is 31.4 Å². The zero-order chi connectivity index (χ0) is 83.9. The largest absolute Gasteiger partial charge is 0.419 e. The molecule has 123 heavy (non-hydrogen) atoms. The van der Waals surface area contributed by atoms with Gasteiger partial charge in [-0.05, 0) is 170 Å². The van der Waals surface area contributed by atoms with E-state index in [4.69, 9.17) is 13.5 Å². The predicted octanol–water partition coefficient (Wildman–Crippen LogP) is 18.7.